The van der Waals surface area contributed by atoms with Crippen molar-refractivity contribution >= 4 is 0 Å². The van der Waals surface area contributed by atoms with Gasteiger partial charge < -0.3 is 15.2 Å². The van der Waals surface area contributed by atoms with Crippen molar-refractivity contribution in [3.05, 3.63) is 23.8 Å². The zero-order chi connectivity index (χ0) is 11.6. The molecular formula is C12H14N2O2. The largest absolute Gasteiger partial charge is 0.486 e. The molecule has 0 radical (unpaired) electrons. The molecule has 0 fully saturated rings. The minimum atomic E-state index is -0.843. The maximum atomic E-state index is 8.86. The van der Waals surface area contributed by atoms with Crippen LogP contribution in [0.1, 0.15) is 12.5 Å². The zero-order valence-corrected chi connectivity index (χ0v) is 9.19. The van der Waals surface area contributed by atoms with Crippen molar-refractivity contribution in [1.29, 1.82) is 5.26 Å². The van der Waals surface area contributed by atoms with Crippen LogP contribution in [0.25, 0.3) is 0 Å². The number of fused-ring (bicyclic) bond motifs is 1. The first-order valence-corrected chi connectivity index (χ1v) is 5.19. The summed E-state index contributed by atoms with van der Waals surface area (Å²) in [5, 5.41) is 8.86. The molecule has 1 aliphatic rings. The number of rotatable bonds is 2. The summed E-state index contributed by atoms with van der Waals surface area (Å²) in [4.78, 5) is 0. The molecule has 0 amide bonds. The average molecular weight is 218 g/mol. The van der Waals surface area contributed by atoms with Gasteiger partial charge in [0.15, 0.2) is 11.5 Å². The summed E-state index contributed by atoms with van der Waals surface area (Å²) in [6.45, 7) is 2.86. The van der Waals surface area contributed by atoms with Crippen molar-refractivity contribution in [1.82, 2.24) is 0 Å². The van der Waals surface area contributed by atoms with E-state index in [1.165, 1.54) is 0 Å². The topological polar surface area (TPSA) is 68.3 Å². The lowest BCUT2D eigenvalue weighted by atomic mass is 9.95. The summed E-state index contributed by atoms with van der Waals surface area (Å²) >= 11 is 0. The molecule has 1 aromatic rings. The minimum absolute atomic E-state index is 0.500. The zero-order valence-electron chi connectivity index (χ0n) is 9.19. The molecule has 2 rings (SSSR count). The number of nitrogens with two attached hydrogens (primary N) is 1. The molecule has 1 atom stereocenters. The number of nitriles is 1. The van der Waals surface area contributed by atoms with E-state index in [1.54, 1.807) is 6.92 Å². The lowest BCUT2D eigenvalue weighted by molar-refractivity contribution is 0.171. The van der Waals surface area contributed by atoms with Gasteiger partial charge >= 0.3 is 0 Å². The highest BCUT2D eigenvalue weighted by Gasteiger charge is 2.19. The fourth-order valence-electron chi connectivity index (χ4n) is 1.66. The molecule has 1 aliphatic heterocycles. The van der Waals surface area contributed by atoms with Crippen molar-refractivity contribution in [3.8, 4) is 17.6 Å². The Hall–Kier alpha value is -1.73. The molecule has 1 unspecified atom stereocenters. The van der Waals surface area contributed by atoms with Crippen LogP contribution in [0.2, 0.25) is 0 Å². The molecule has 0 bridgehead atoms. The fourth-order valence-corrected chi connectivity index (χ4v) is 1.66. The second-order valence-electron chi connectivity index (χ2n) is 4.18. The van der Waals surface area contributed by atoms with Gasteiger partial charge in [-0.05, 0) is 24.6 Å². The van der Waals surface area contributed by atoms with Crippen molar-refractivity contribution < 1.29 is 9.47 Å². The second-order valence-corrected chi connectivity index (χ2v) is 4.18. The van der Waals surface area contributed by atoms with Crippen LogP contribution in [0.4, 0.5) is 0 Å². The van der Waals surface area contributed by atoms with Gasteiger partial charge in [0.05, 0.1) is 6.07 Å². The van der Waals surface area contributed by atoms with Crippen LogP contribution in [0, 0.1) is 11.3 Å². The number of benzene rings is 1. The van der Waals surface area contributed by atoms with Gasteiger partial charge in [-0.2, -0.15) is 5.26 Å². The molecule has 16 heavy (non-hydrogen) atoms. The molecule has 2 N–H and O–H groups in total. The molecule has 1 aromatic carbocycles. The molecule has 1 heterocycles. The normalized spacial score (nSPS) is 17.3. The van der Waals surface area contributed by atoms with Crippen molar-refractivity contribution in [3.63, 3.8) is 0 Å². The van der Waals surface area contributed by atoms with E-state index in [1.807, 2.05) is 18.2 Å². The van der Waals surface area contributed by atoms with Crippen molar-refractivity contribution in [2.75, 3.05) is 13.2 Å². The molecule has 0 aromatic heterocycles. The molecule has 84 valence electrons. The maximum Gasteiger partial charge on any atom is 0.161 e. The SMILES string of the molecule is CC(N)(C#N)Cc1ccc2c(c1)OCCO2. The van der Waals surface area contributed by atoms with E-state index < -0.39 is 5.54 Å². The summed E-state index contributed by atoms with van der Waals surface area (Å²) in [7, 11) is 0. The number of hydrogen-bond acceptors (Lipinski definition) is 4. The van der Waals surface area contributed by atoms with Crippen molar-refractivity contribution in [2.24, 2.45) is 5.73 Å². The first-order valence-electron chi connectivity index (χ1n) is 5.19. The predicted molar refractivity (Wildman–Crippen MR) is 59.3 cm³/mol. The summed E-state index contributed by atoms with van der Waals surface area (Å²) in [6.07, 6.45) is 0.500. The van der Waals surface area contributed by atoms with Crippen LogP contribution < -0.4 is 15.2 Å². The van der Waals surface area contributed by atoms with Crippen LogP contribution in [0.15, 0.2) is 18.2 Å². The summed E-state index contributed by atoms with van der Waals surface area (Å²) in [6, 6.07) is 7.73. The lowest BCUT2D eigenvalue weighted by Gasteiger charge is -2.20. The summed E-state index contributed by atoms with van der Waals surface area (Å²) in [5.41, 5.74) is 5.93. The predicted octanol–water partition coefficient (Wildman–Crippen LogP) is 1.24. The maximum absolute atomic E-state index is 8.86. The van der Waals surface area contributed by atoms with E-state index in [4.69, 9.17) is 20.5 Å². The van der Waals surface area contributed by atoms with Gasteiger partial charge in [-0.3, -0.25) is 0 Å². The van der Waals surface area contributed by atoms with Crippen LogP contribution in [0.3, 0.4) is 0 Å². The quantitative estimate of drug-likeness (QED) is 0.811. The Kier molecular flexibility index (Phi) is 2.71. The molecule has 0 spiro atoms. The van der Waals surface area contributed by atoms with Gasteiger partial charge in [0, 0.05) is 6.42 Å². The molecule has 0 saturated carbocycles. The van der Waals surface area contributed by atoms with Crippen LogP contribution in [-0.2, 0) is 6.42 Å². The third kappa shape index (κ3) is 2.26. The van der Waals surface area contributed by atoms with Crippen LogP contribution in [-0.4, -0.2) is 18.8 Å². The summed E-state index contributed by atoms with van der Waals surface area (Å²) in [5.74, 6) is 1.49. The van der Waals surface area contributed by atoms with Crippen LogP contribution >= 0.6 is 0 Å². The Morgan fingerprint density at radius 3 is 2.75 bits per heavy atom. The van der Waals surface area contributed by atoms with Crippen LogP contribution in [0.5, 0.6) is 11.5 Å². The number of nitrogens with zero attached hydrogens (tertiary/aromatic N) is 1. The van der Waals surface area contributed by atoms with Gasteiger partial charge in [-0.25, -0.2) is 0 Å². The first-order chi connectivity index (χ1) is 7.61. The Balaban J connectivity index is 2.21. The fraction of sp³-hybridized carbons (Fsp3) is 0.417. The van der Waals surface area contributed by atoms with E-state index in [2.05, 4.69) is 6.07 Å². The molecule has 0 aliphatic carbocycles. The smallest absolute Gasteiger partial charge is 0.161 e. The third-order valence-corrected chi connectivity index (χ3v) is 2.43. The Morgan fingerprint density at radius 1 is 1.38 bits per heavy atom. The van der Waals surface area contributed by atoms with E-state index in [0.29, 0.717) is 19.6 Å². The Bertz CT molecular complexity index is 435. The molecule has 0 saturated heterocycles. The van der Waals surface area contributed by atoms with E-state index in [9.17, 15) is 0 Å². The molecule has 4 heteroatoms. The summed E-state index contributed by atoms with van der Waals surface area (Å²) < 4.78 is 10.9. The van der Waals surface area contributed by atoms with Gasteiger partial charge in [0.25, 0.3) is 0 Å². The van der Waals surface area contributed by atoms with E-state index in [-0.39, 0.29) is 0 Å². The highest BCUT2D eigenvalue weighted by molar-refractivity contribution is 5.44. The van der Waals surface area contributed by atoms with E-state index >= 15 is 0 Å². The number of hydrogen-bond donors (Lipinski definition) is 1. The Morgan fingerprint density at radius 2 is 2.06 bits per heavy atom. The Labute approximate surface area is 94.6 Å². The standard InChI is InChI=1S/C12H14N2O2/c1-12(14,8-13)7-9-2-3-10-11(6-9)16-5-4-15-10/h2-3,6H,4-5,7,14H2,1H3. The number of ether oxygens (including phenoxy) is 2. The highest BCUT2D eigenvalue weighted by atomic mass is 16.6. The first kappa shape index (κ1) is 10.8. The van der Waals surface area contributed by atoms with Gasteiger partial charge in [0.2, 0.25) is 0 Å². The monoisotopic (exact) mass is 218 g/mol. The van der Waals surface area contributed by atoms with Crippen molar-refractivity contribution in [2.45, 2.75) is 18.9 Å². The highest BCUT2D eigenvalue weighted by Crippen LogP contribution is 2.31. The molecular weight excluding hydrogens is 204 g/mol. The second kappa shape index (κ2) is 4.03. The lowest BCUT2D eigenvalue weighted by Crippen LogP contribution is -2.36. The van der Waals surface area contributed by atoms with E-state index in [0.717, 1.165) is 17.1 Å². The van der Waals surface area contributed by atoms with Gasteiger partial charge in [-0.15, -0.1) is 0 Å². The molecule has 4 nitrogen and oxygen atoms in total. The van der Waals surface area contributed by atoms with Gasteiger partial charge in [0.1, 0.15) is 18.8 Å². The van der Waals surface area contributed by atoms with Gasteiger partial charge in [-0.1, -0.05) is 6.07 Å². The minimum Gasteiger partial charge on any atom is -0.486 e. The third-order valence-electron chi connectivity index (χ3n) is 2.43. The average Bonchev–Trinajstić information content (AvgIpc) is 2.28.